The molecule has 0 saturated carbocycles. The first-order chi connectivity index (χ1) is 22.0. The molecular formula is C36H40N2O7Si. The summed E-state index contributed by atoms with van der Waals surface area (Å²) in [6.45, 7) is 9.75. The number of benzene rings is 3. The standard InChI is InChI=1S/C36H40N2O7Si/c1-24-22-38(34(41)37-33(24)40)30-21-36(26-15-9-6-10-16-26)32(44-30)31(43-25(2)39)29(45-36)23-42-46(35(3,4)5,27-17-11-7-12-18-27)28-19-13-8-14-20-28/h6-20,22,29-32H,21,23H2,1-5H3,(H,37,40,41)/t29-,30+,31-,32-,36+/m1/s1. The van der Waals surface area contributed by atoms with E-state index in [1.165, 1.54) is 17.7 Å². The van der Waals surface area contributed by atoms with E-state index >= 15 is 0 Å². The maximum atomic E-state index is 12.9. The number of aryl methyl sites for hydroxylation is 1. The van der Waals surface area contributed by atoms with Crippen molar-refractivity contribution < 1.29 is 23.4 Å². The third-order valence-electron chi connectivity index (χ3n) is 9.17. The van der Waals surface area contributed by atoms with Crippen LogP contribution in [0.3, 0.4) is 0 Å². The van der Waals surface area contributed by atoms with Crippen molar-refractivity contribution >= 4 is 24.7 Å². The molecule has 1 aromatic heterocycles. The van der Waals surface area contributed by atoms with Crippen molar-refractivity contribution in [2.75, 3.05) is 6.61 Å². The number of carbonyl (C=O) groups is 1. The SMILES string of the molecule is CC(=O)O[C@H]1[C@H]2O[C@H](n3cc(C)c(=O)[nH]c3=O)C[C@@]2(c2ccccc2)O[C@@H]1CO[Si](c1ccccc1)(c1ccccc1)C(C)(C)C. The number of nitrogens with one attached hydrogen (secondary N) is 1. The van der Waals surface area contributed by atoms with Gasteiger partial charge in [0.1, 0.15) is 24.0 Å². The van der Waals surface area contributed by atoms with Crippen LogP contribution in [-0.2, 0) is 29.0 Å². The lowest BCUT2D eigenvalue weighted by Crippen LogP contribution is -2.67. The van der Waals surface area contributed by atoms with E-state index in [-0.39, 0.29) is 18.1 Å². The molecule has 6 rings (SSSR count). The van der Waals surface area contributed by atoms with Crippen molar-refractivity contribution in [3.05, 3.63) is 129 Å². The van der Waals surface area contributed by atoms with Crippen LogP contribution in [-0.4, -0.2) is 48.8 Å². The second-order valence-electron chi connectivity index (χ2n) is 13.2. The van der Waals surface area contributed by atoms with E-state index in [0.717, 1.165) is 15.9 Å². The molecule has 2 aliphatic heterocycles. The molecule has 10 heteroatoms. The molecule has 0 radical (unpaired) electrons. The van der Waals surface area contributed by atoms with E-state index in [1.807, 2.05) is 66.7 Å². The van der Waals surface area contributed by atoms with Gasteiger partial charge in [-0.2, -0.15) is 0 Å². The van der Waals surface area contributed by atoms with E-state index < -0.39 is 55.7 Å². The van der Waals surface area contributed by atoms with E-state index in [0.29, 0.717) is 5.56 Å². The van der Waals surface area contributed by atoms with E-state index in [4.69, 9.17) is 18.6 Å². The summed E-state index contributed by atoms with van der Waals surface area (Å²) in [6, 6.07) is 30.3. The Balaban J connectivity index is 1.42. The number of esters is 1. The van der Waals surface area contributed by atoms with Gasteiger partial charge in [-0.05, 0) is 27.9 Å². The quantitative estimate of drug-likeness (QED) is 0.230. The van der Waals surface area contributed by atoms with Crippen molar-refractivity contribution in [3.63, 3.8) is 0 Å². The zero-order valence-corrected chi connectivity index (χ0v) is 27.8. The molecule has 2 fully saturated rings. The normalized spacial score (nSPS) is 24.5. The molecule has 2 saturated heterocycles. The van der Waals surface area contributed by atoms with Crippen molar-refractivity contribution in [2.45, 2.75) is 76.2 Å². The smallest absolute Gasteiger partial charge is 0.330 e. The predicted octanol–water partition coefficient (Wildman–Crippen LogP) is 3.94. The number of rotatable bonds is 8. The molecule has 0 aliphatic carbocycles. The van der Waals surface area contributed by atoms with Gasteiger partial charge in [-0.3, -0.25) is 19.1 Å². The first-order valence-corrected chi connectivity index (χ1v) is 17.5. The fourth-order valence-corrected chi connectivity index (χ4v) is 11.7. The lowest BCUT2D eigenvalue weighted by molar-refractivity contribution is -0.159. The number of ether oxygens (including phenoxy) is 3. The molecule has 4 aromatic rings. The Hall–Kier alpha value is -4.09. The van der Waals surface area contributed by atoms with Gasteiger partial charge in [0, 0.05) is 25.1 Å². The van der Waals surface area contributed by atoms with Gasteiger partial charge >= 0.3 is 11.7 Å². The molecule has 240 valence electrons. The number of nitrogens with zero attached hydrogens (tertiary/aromatic N) is 1. The second kappa shape index (κ2) is 12.3. The highest BCUT2D eigenvalue weighted by Crippen LogP contribution is 2.54. The summed E-state index contributed by atoms with van der Waals surface area (Å²) in [7, 11) is -2.95. The van der Waals surface area contributed by atoms with Crippen LogP contribution in [0.4, 0.5) is 0 Å². The van der Waals surface area contributed by atoms with Crippen LogP contribution < -0.4 is 21.6 Å². The van der Waals surface area contributed by atoms with Gasteiger partial charge in [0.15, 0.2) is 6.10 Å². The van der Waals surface area contributed by atoms with Gasteiger partial charge in [-0.15, -0.1) is 0 Å². The molecular weight excluding hydrogens is 600 g/mol. The first kappa shape index (κ1) is 31.9. The van der Waals surface area contributed by atoms with E-state index in [2.05, 4.69) is 50.0 Å². The number of hydrogen-bond acceptors (Lipinski definition) is 7. The summed E-state index contributed by atoms with van der Waals surface area (Å²) >= 11 is 0. The lowest BCUT2D eigenvalue weighted by Gasteiger charge is -2.43. The number of carbonyl (C=O) groups excluding carboxylic acids is 1. The minimum atomic E-state index is -2.95. The summed E-state index contributed by atoms with van der Waals surface area (Å²) in [5, 5.41) is 1.97. The third-order valence-corrected chi connectivity index (χ3v) is 14.2. The number of hydrogen-bond donors (Lipinski definition) is 1. The van der Waals surface area contributed by atoms with Crippen LogP contribution in [0.25, 0.3) is 0 Å². The van der Waals surface area contributed by atoms with Crippen molar-refractivity contribution in [1.82, 2.24) is 9.55 Å². The summed E-state index contributed by atoms with van der Waals surface area (Å²) in [4.78, 5) is 40.0. The fourth-order valence-electron chi connectivity index (χ4n) is 7.15. The van der Waals surface area contributed by atoms with E-state index in [1.54, 1.807) is 6.92 Å². The Morgan fingerprint density at radius 1 is 0.957 bits per heavy atom. The molecule has 0 unspecified atom stereocenters. The summed E-state index contributed by atoms with van der Waals surface area (Å²) in [6.07, 6.45) is -1.29. The van der Waals surface area contributed by atoms with Gasteiger partial charge < -0.3 is 18.6 Å². The number of aromatic amines is 1. The van der Waals surface area contributed by atoms with Gasteiger partial charge in [-0.25, -0.2) is 4.79 Å². The Morgan fingerprint density at radius 3 is 2.07 bits per heavy atom. The largest absolute Gasteiger partial charge is 0.457 e. The van der Waals surface area contributed by atoms with Crippen LogP contribution in [0.5, 0.6) is 0 Å². The average Bonchev–Trinajstić information content (AvgIpc) is 3.54. The van der Waals surface area contributed by atoms with Gasteiger partial charge in [-0.1, -0.05) is 112 Å². The van der Waals surface area contributed by atoms with Crippen LogP contribution in [0.15, 0.2) is 107 Å². The molecule has 5 atom stereocenters. The average molecular weight is 641 g/mol. The molecule has 0 spiro atoms. The zero-order chi connectivity index (χ0) is 32.7. The molecule has 1 N–H and O–H groups in total. The summed E-state index contributed by atoms with van der Waals surface area (Å²) in [5.41, 5.74) is -0.884. The van der Waals surface area contributed by atoms with Crippen LogP contribution in [0, 0.1) is 6.92 Å². The minimum Gasteiger partial charge on any atom is -0.457 e. The minimum absolute atomic E-state index is 0.141. The summed E-state index contributed by atoms with van der Waals surface area (Å²) in [5.74, 6) is -0.475. The van der Waals surface area contributed by atoms with Crippen molar-refractivity contribution in [2.24, 2.45) is 0 Å². The van der Waals surface area contributed by atoms with Crippen LogP contribution in [0.2, 0.25) is 5.04 Å². The second-order valence-corrected chi connectivity index (χ2v) is 17.5. The van der Waals surface area contributed by atoms with Crippen molar-refractivity contribution in [3.8, 4) is 0 Å². The topological polar surface area (TPSA) is 109 Å². The Morgan fingerprint density at radius 2 is 1.52 bits per heavy atom. The molecule has 2 aliphatic rings. The Kier molecular flexibility index (Phi) is 8.49. The van der Waals surface area contributed by atoms with Gasteiger partial charge in [0.05, 0.1) is 6.61 Å². The molecule has 3 aromatic carbocycles. The highest BCUT2D eigenvalue weighted by Gasteiger charge is 2.64. The molecule has 0 amide bonds. The van der Waals surface area contributed by atoms with Crippen LogP contribution in [0.1, 0.15) is 51.5 Å². The number of fused-ring (bicyclic) bond motifs is 1. The summed E-state index contributed by atoms with van der Waals surface area (Å²) < 4.78 is 28.2. The maximum absolute atomic E-state index is 12.9. The van der Waals surface area contributed by atoms with E-state index in [9.17, 15) is 14.4 Å². The monoisotopic (exact) mass is 640 g/mol. The zero-order valence-electron chi connectivity index (χ0n) is 26.8. The van der Waals surface area contributed by atoms with Crippen LogP contribution >= 0.6 is 0 Å². The number of aromatic nitrogens is 2. The molecule has 9 nitrogen and oxygen atoms in total. The molecule has 3 heterocycles. The lowest BCUT2D eigenvalue weighted by atomic mass is 9.86. The fraction of sp³-hybridized carbons (Fsp3) is 0.361. The Labute approximate surface area is 269 Å². The molecule has 46 heavy (non-hydrogen) atoms. The predicted molar refractivity (Wildman–Crippen MR) is 177 cm³/mol. The van der Waals surface area contributed by atoms with Gasteiger partial charge in [0.2, 0.25) is 0 Å². The third kappa shape index (κ3) is 5.49. The molecule has 0 bridgehead atoms. The van der Waals surface area contributed by atoms with Crippen molar-refractivity contribution in [1.29, 1.82) is 0 Å². The Bertz CT molecular complexity index is 1760. The first-order valence-electron chi connectivity index (χ1n) is 15.6. The number of H-pyrrole nitrogens is 1. The highest BCUT2D eigenvalue weighted by molar-refractivity contribution is 6.99. The van der Waals surface area contributed by atoms with Gasteiger partial charge in [0.25, 0.3) is 13.9 Å². The highest BCUT2D eigenvalue weighted by atomic mass is 28.4. The maximum Gasteiger partial charge on any atom is 0.330 e.